The summed E-state index contributed by atoms with van der Waals surface area (Å²) in [6.07, 6.45) is 0. The summed E-state index contributed by atoms with van der Waals surface area (Å²) in [5.74, 6) is -0.303. The fourth-order valence-electron chi connectivity index (χ4n) is 2.51. The summed E-state index contributed by atoms with van der Waals surface area (Å²) >= 11 is 1.59. The molecule has 0 radical (unpaired) electrons. The normalized spacial score (nSPS) is 12.3. The number of benzene rings is 2. The maximum Gasteiger partial charge on any atom is 0.292 e. The van der Waals surface area contributed by atoms with Gasteiger partial charge in [-0.2, -0.15) is 0 Å². The number of nitrogens with zero attached hydrogens (tertiary/aromatic N) is 3. The fourth-order valence-corrected chi connectivity index (χ4v) is 3.54. The SMILES string of the molecule is C[C@H](C(=O)Nc1ccccc1[N+](=O)[O-])N(C)Cc1nc2ccccc2s1. The van der Waals surface area contributed by atoms with Gasteiger partial charge in [-0.1, -0.05) is 24.3 Å². The Morgan fingerprint density at radius 2 is 1.96 bits per heavy atom. The molecule has 1 atom stereocenters. The highest BCUT2D eigenvalue weighted by Crippen LogP contribution is 2.25. The van der Waals surface area contributed by atoms with Crippen LogP contribution in [0.5, 0.6) is 0 Å². The van der Waals surface area contributed by atoms with Crippen molar-refractivity contribution in [3.05, 3.63) is 63.7 Å². The van der Waals surface area contributed by atoms with Crippen LogP contribution in [0.25, 0.3) is 10.2 Å². The molecule has 0 aliphatic heterocycles. The van der Waals surface area contributed by atoms with Gasteiger partial charge in [0.15, 0.2) is 0 Å². The van der Waals surface area contributed by atoms with Gasteiger partial charge in [0.25, 0.3) is 5.69 Å². The molecule has 1 N–H and O–H groups in total. The number of nitrogens with one attached hydrogen (secondary N) is 1. The molecule has 7 nitrogen and oxygen atoms in total. The predicted octanol–water partition coefficient (Wildman–Crippen LogP) is 3.66. The second kappa shape index (κ2) is 7.59. The Labute approximate surface area is 154 Å². The van der Waals surface area contributed by atoms with E-state index in [9.17, 15) is 14.9 Å². The Kier molecular flexibility index (Phi) is 5.24. The topological polar surface area (TPSA) is 88.4 Å². The van der Waals surface area contributed by atoms with Gasteiger partial charge in [0.2, 0.25) is 5.91 Å². The zero-order valence-electron chi connectivity index (χ0n) is 14.4. The number of nitro groups is 1. The Morgan fingerprint density at radius 3 is 2.69 bits per heavy atom. The first-order valence-corrected chi connectivity index (χ1v) is 8.86. The summed E-state index contributed by atoms with van der Waals surface area (Å²) in [5.41, 5.74) is 1.02. The molecule has 0 fully saturated rings. The first kappa shape index (κ1) is 18.0. The minimum atomic E-state index is -0.509. The number of fused-ring (bicyclic) bond motifs is 1. The second-order valence-electron chi connectivity index (χ2n) is 5.93. The number of nitro benzene ring substituents is 1. The average Bonchev–Trinajstić information content (AvgIpc) is 3.03. The van der Waals surface area contributed by atoms with Crippen LogP contribution < -0.4 is 5.32 Å². The molecule has 1 heterocycles. The monoisotopic (exact) mass is 370 g/mol. The van der Waals surface area contributed by atoms with Crippen molar-refractivity contribution in [3.8, 4) is 0 Å². The number of anilines is 1. The number of carbonyl (C=O) groups excluding carboxylic acids is 1. The lowest BCUT2D eigenvalue weighted by Gasteiger charge is -2.22. The molecule has 0 bridgehead atoms. The molecule has 8 heteroatoms. The number of hydrogen-bond donors (Lipinski definition) is 1. The van der Waals surface area contributed by atoms with E-state index in [0.717, 1.165) is 15.2 Å². The maximum atomic E-state index is 12.5. The van der Waals surface area contributed by atoms with Crippen LogP contribution >= 0.6 is 11.3 Å². The van der Waals surface area contributed by atoms with Crippen molar-refractivity contribution in [2.75, 3.05) is 12.4 Å². The van der Waals surface area contributed by atoms with Gasteiger partial charge in [0, 0.05) is 6.07 Å². The van der Waals surface area contributed by atoms with Crippen LogP contribution in [0.3, 0.4) is 0 Å². The molecule has 26 heavy (non-hydrogen) atoms. The smallest absolute Gasteiger partial charge is 0.292 e. The summed E-state index contributed by atoms with van der Waals surface area (Å²) in [6, 6.07) is 13.5. The molecule has 0 aliphatic rings. The van der Waals surface area contributed by atoms with E-state index in [2.05, 4.69) is 10.3 Å². The summed E-state index contributed by atoms with van der Waals surface area (Å²) in [4.78, 5) is 29.5. The van der Waals surface area contributed by atoms with Gasteiger partial charge in [-0.3, -0.25) is 19.8 Å². The fraction of sp³-hybridized carbons (Fsp3) is 0.222. The lowest BCUT2D eigenvalue weighted by molar-refractivity contribution is -0.383. The first-order chi connectivity index (χ1) is 12.5. The molecule has 2 aromatic carbocycles. The van der Waals surface area contributed by atoms with E-state index in [-0.39, 0.29) is 17.3 Å². The average molecular weight is 370 g/mol. The Hall–Kier alpha value is -2.84. The van der Waals surface area contributed by atoms with Gasteiger partial charge in [0.1, 0.15) is 10.7 Å². The molecule has 1 amide bonds. The van der Waals surface area contributed by atoms with Gasteiger partial charge in [-0.25, -0.2) is 4.98 Å². The van der Waals surface area contributed by atoms with Crippen molar-refractivity contribution in [1.29, 1.82) is 0 Å². The van der Waals surface area contributed by atoms with E-state index in [1.54, 1.807) is 30.4 Å². The van der Waals surface area contributed by atoms with Crippen LogP contribution in [-0.4, -0.2) is 33.8 Å². The minimum absolute atomic E-state index is 0.123. The summed E-state index contributed by atoms with van der Waals surface area (Å²) in [6.45, 7) is 2.28. The first-order valence-electron chi connectivity index (χ1n) is 8.04. The molecular formula is C18H18N4O3S. The van der Waals surface area contributed by atoms with E-state index in [4.69, 9.17) is 0 Å². The van der Waals surface area contributed by atoms with Crippen LogP contribution in [0.1, 0.15) is 11.9 Å². The van der Waals surface area contributed by atoms with Crippen LogP contribution in [0.2, 0.25) is 0 Å². The third kappa shape index (κ3) is 3.87. The van der Waals surface area contributed by atoms with Crippen LogP contribution in [0.15, 0.2) is 48.5 Å². The molecule has 1 aromatic heterocycles. The Morgan fingerprint density at radius 1 is 1.27 bits per heavy atom. The molecule has 3 aromatic rings. The number of hydrogen-bond acceptors (Lipinski definition) is 6. The van der Waals surface area contributed by atoms with Crippen molar-refractivity contribution >= 4 is 38.8 Å². The minimum Gasteiger partial charge on any atom is -0.319 e. The number of amides is 1. The van der Waals surface area contributed by atoms with Crippen molar-refractivity contribution in [1.82, 2.24) is 9.88 Å². The van der Waals surface area contributed by atoms with Crippen molar-refractivity contribution < 1.29 is 9.72 Å². The number of thiazole rings is 1. The zero-order valence-corrected chi connectivity index (χ0v) is 15.2. The van der Waals surface area contributed by atoms with E-state index in [1.807, 2.05) is 36.2 Å². The van der Waals surface area contributed by atoms with Crippen LogP contribution in [0.4, 0.5) is 11.4 Å². The second-order valence-corrected chi connectivity index (χ2v) is 7.05. The van der Waals surface area contributed by atoms with Crippen LogP contribution in [-0.2, 0) is 11.3 Å². The summed E-state index contributed by atoms with van der Waals surface area (Å²) in [7, 11) is 1.83. The maximum absolute atomic E-state index is 12.5. The molecule has 0 saturated carbocycles. The molecular weight excluding hydrogens is 352 g/mol. The highest BCUT2D eigenvalue weighted by atomic mass is 32.1. The van der Waals surface area contributed by atoms with Crippen molar-refractivity contribution in [2.24, 2.45) is 0 Å². The van der Waals surface area contributed by atoms with Gasteiger partial charge >= 0.3 is 0 Å². The zero-order chi connectivity index (χ0) is 18.7. The molecule has 0 spiro atoms. The highest BCUT2D eigenvalue weighted by molar-refractivity contribution is 7.18. The van der Waals surface area contributed by atoms with Gasteiger partial charge < -0.3 is 5.32 Å². The summed E-state index contributed by atoms with van der Waals surface area (Å²) in [5, 5.41) is 14.6. The molecule has 3 rings (SSSR count). The largest absolute Gasteiger partial charge is 0.319 e. The molecule has 134 valence electrons. The van der Waals surface area contributed by atoms with E-state index in [1.165, 1.54) is 12.1 Å². The third-order valence-electron chi connectivity index (χ3n) is 4.12. The Balaban J connectivity index is 1.69. The Bertz CT molecular complexity index is 923. The number of rotatable bonds is 6. The third-order valence-corrected chi connectivity index (χ3v) is 5.14. The lowest BCUT2D eigenvalue weighted by atomic mass is 10.2. The quantitative estimate of drug-likeness (QED) is 0.528. The lowest BCUT2D eigenvalue weighted by Crippen LogP contribution is -2.39. The van der Waals surface area contributed by atoms with Gasteiger partial charge in [0.05, 0.1) is 27.7 Å². The van der Waals surface area contributed by atoms with Crippen molar-refractivity contribution in [3.63, 3.8) is 0 Å². The van der Waals surface area contributed by atoms with E-state index >= 15 is 0 Å². The molecule has 0 saturated heterocycles. The number of para-hydroxylation sites is 3. The number of aromatic nitrogens is 1. The molecule has 0 aliphatic carbocycles. The van der Waals surface area contributed by atoms with Gasteiger partial charge in [-0.15, -0.1) is 11.3 Å². The van der Waals surface area contributed by atoms with Crippen molar-refractivity contribution in [2.45, 2.75) is 19.5 Å². The predicted molar refractivity (Wildman–Crippen MR) is 102 cm³/mol. The standard InChI is InChI=1S/C18H18N4O3S/c1-12(18(23)20-13-7-3-5-9-15(13)22(24)25)21(2)11-17-19-14-8-4-6-10-16(14)26-17/h3-10,12H,11H2,1-2H3,(H,20,23)/t12-/m1/s1. The van der Waals surface area contributed by atoms with E-state index < -0.39 is 11.0 Å². The summed E-state index contributed by atoms with van der Waals surface area (Å²) < 4.78 is 1.10. The van der Waals surface area contributed by atoms with Gasteiger partial charge in [-0.05, 0) is 32.2 Å². The number of carbonyl (C=O) groups is 1. The highest BCUT2D eigenvalue weighted by Gasteiger charge is 2.22. The van der Waals surface area contributed by atoms with Crippen LogP contribution in [0, 0.1) is 10.1 Å². The van der Waals surface area contributed by atoms with E-state index in [0.29, 0.717) is 6.54 Å². The molecule has 0 unspecified atom stereocenters. The number of likely N-dealkylation sites (N-methyl/N-ethyl adjacent to an activating group) is 1.